The van der Waals surface area contributed by atoms with Crippen LogP contribution in [0.5, 0.6) is 0 Å². The van der Waals surface area contributed by atoms with E-state index in [-0.39, 0.29) is 29.7 Å². The van der Waals surface area contributed by atoms with Gasteiger partial charge in [0.15, 0.2) is 0 Å². The second-order valence-electron chi connectivity index (χ2n) is 8.80. The number of allylic oxidation sites excluding steroid dienone is 1. The predicted molar refractivity (Wildman–Crippen MR) is 121 cm³/mol. The second kappa shape index (κ2) is 8.54. The fourth-order valence-electron chi connectivity index (χ4n) is 5.36. The molecule has 1 amide bonds. The van der Waals surface area contributed by atoms with Crippen molar-refractivity contribution < 1.29 is 18.0 Å². The van der Waals surface area contributed by atoms with Gasteiger partial charge in [0.2, 0.25) is 5.91 Å². The van der Waals surface area contributed by atoms with Crippen LogP contribution in [0.1, 0.15) is 40.6 Å². The lowest BCUT2D eigenvalue weighted by atomic mass is 9.71. The second-order valence-corrected chi connectivity index (χ2v) is 8.80. The highest BCUT2D eigenvalue weighted by atomic mass is 19.4. The number of halogens is 3. The van der Waals surface area contributed by atoms with E-state index in [9.17, 15) is 18.0 Å². The van der Waals surface area contributed by atoms with Crippen LogP contribution in [0, 0.1) is 11.8 Å². The summed E-state index contributed by atoms with van der Waals surface area (Å²) in [5.41, 5.74) is 2.18. The van der Waals surface area contributed by atoms with Crippen LogP contribution < -0.4 is 0 Å². The van der Waals surface area contributed by atoms with Crippen LogP contribution in [-0.4, -0.2) is 10.8 Å². The highest BCUT2D eigenvalue weighted by Gasteiger charge is 2.51. The Bertz CT molecular complexity index is 1140. The number of hydrogen-bond acceptors (Lipinski definition) is 1. The maximum absolute atomic E-state index is 13.8. The normalized spacial score (nSPS) is 24.7. The topological polar surface area (TPSA) is 20.3 Å². The van der Waals surface area contributed by atoms with Crippen molar-refractivity contribution in [2.75, 3.05) is 0 Å². The Kier molecular flexibility index (Phi) is 5.57. The fraction of sp³-hybridized carbons (Fsp3) is 0.250. The van der Waals surface area contributed by atoms with Crippen LogP contribution in [-0.2, 0) is 17.5 Å². The average Bonchev–Trinajstić information content (AvgIpc) is 3.11. The Balaban J connectivity index is 1.56. The lowest BCUT2D eigenvalue weighted by molar-refractivity contribution is -0.137. The summed E-state index contributed by atoms with van der Waals surface area (Å²) < 4.78 is 39.5. The number of nitrogens with zero attached hydrogens (tertiary/aromatic N) is 1. The maximum atomic E-state index is 13.8. The molecule has 0 spiro atoms. The first-order valence-corrected chi connectivity index (χ1v) is 11.2. The van der Waals surface area contributed by atoms with Gasteiger partial charge in [-0.1, -0.05) is 84.9 Å². The minimum absolute atomic E-state index is 0.0476. The van der Waals surface area contributed by atoms with Gasteiger partial charge in [0.05, 0.1) is 17.5 Å². The summed E-state index contributed by atoms with van der Waals surface area (Å²) in [6.07, 6.45) is 0.597. The van der Waals surface area contributed by atoms with E-state index in [0.29, 0.717) is 6.54 Å². The number of likely N-dealkylation sites (tertiary alicyclic amines) is 1. The largest absolute Gasteiger partial charge is 0.416 e. The third-order valence-corrected chi connectivity index (χ3v) is 6.87. The van der Waals surface area contributed by atoms with Gasteiger partial charge in [0.1, 0.15) is 0 Å². The van der Waals surface area contributed by atoms with Crippen LogP contribution >= 0.6 is 0 Å². The number of carbonyl (C=O) groups excluding carboxylic acids is 1. The number of rotatable bonds is 4. The highest BCUT2D eigenvalue weighted by Crippen LogP contribution is 2.52. The van der Waals surface area contributed by atoms with E-state index in [1.807, 2.05) is 53.4 Å². The van der Waals surface area contributed by atoms with Crippen molar-refractivity contribution in [1.82, 2.24) is 4.90 Å². The molecule has 1 aliphatic heterocycles. The zero-order valence-corrected chi connectivity index (χ0v) is 18.0. The van der Waals surface area contributed by atoms with Crippen molar-refractivity contribution in [2.45, 2.75) is 31.1 Å². The summed E-state index contributed by atoms with van der Waals surface area (Å²) in [5, 5.41) is 0. The first-order chi connectivity index (χ1) is 15.9. The zero-order chi connectivity index (χ0) is 23.0. The molecule has 2 aliphatic rings. The van der Waals surface area contributed by atoms with Crippen molar-refractivity contribution >= 4 is 5.91 Å². The lowest BCUT2D eigenvalue weighted by Crippen LogP contribution is -2.31. The monoisotopic (exact) mass is 447 g/mol. The van der Waals surface area contributed by atoms with Crippen molar-refractivity contribution in [1.29, 1.82) is 0 Å². The summed E-state index contributed by atoms with van der Waals surface area (Å²) in [6, 6.07) is 24.8. The van der Waals surface area contributed by atoms with Gasteiger partial charge < -0.3 is 4.90 Å². The number of hydrogen-bond donors (Lipinski definition) is 0. The van der Waals surface area contributed by atoms with Gasteiger partial charge in [-0.05, 0) is 41.2 Å². The van der Waals surface area contributed by atoms with Crippen molar-refractivity contribution in [3.05, 3.63) is 119 Å². The van der Waals surface area contributed by atoms with E-state index in [2.05, 4.69) is 24.3 Å². The average molecular weight is 448 g/mol. The summed E-state index contributed by atoms with van der Waals surface area (Å²) in [5.74, 6) is -0.233. The van der Waals surface area contributed by atoms with E-state index in [1.54, 1.807) is 0 Å². The smallest absolute Gasteiger partial charge is 0.330 e. The quantitative estimate of drug-likeness (QED) is 0.405. The molecule has 3 aromatic rings. The van der Waals surface area contributed by atoms with E-state index >= 15 is 0 Å². The van der Waals surface area contributed by atoms with E-state index in [4.69, 9.17) is 0 Å². The third-order valence-electron chi connectivity index (χ3n) is 6.87. The van der Waals surface area contributed by atoms with Gasteiger partial charge >= 0.3 is 6.18 Å². The minimum atomic E-state index is -4.39. The van der Waals surface area contributed by atoms with Crippen LogP contribution in [0.4, 0.5) is 13.2 Å². The minimum Gasteiger partial charge on any atom is -0.330 e. The molecular formula is C28H24F3NO. The molecule has 0 aromatic heterocycles. The first-order valence-electron chi connectivity index (χ1n) is 11.2. The van der Waals surface area contributed by atoms with E-state index in [0.717, 1.165) is 35.2 Å². The van der Waals surface area contributed by atoms with E-state index < -0.39 is 11.7 Å². The molecule has 1 aliphatic carbocycles. The van der Waals surface area contributed by atoms with E-state index in [1.165, 1.54) is 12.1 Å². The molecule has 168 valence electrons. The summed E-state index contributed by atoms with van der Waals surface area (Å²) >= 11 is 0. The van der Waals surface area contributed by atoms with Crippen LogP contribution in [0.15, 0.2) is 97.1 Å². The third kappa shape index (κ3) is 4.08. The molecule has 3 unspecified atom stereocenters. The standard InChI is InChI=1S/C28H24F3NO/c29-28(30,31)22-16-14-21(15-17-22)26-24-13-7-12-23(20-10-5-2-6-11-20)25(24)27(33)32(26)18-19-8-3-1-4-9-19/h1-11,13-17,23-26H,12,18H2/t23?,24?,25?,26-/m0/s1. The fourth-order valence-corrected chi connectivity index (χ4v) is 5.36. The van der Waals surface area contributed by atoms with Crippen molar-refractivity contribution in [2.24, 2.45) is 11.8 Å². The molecule has 0 radical (unpaired) electrons. The SMILES string of the molecule is O=C1C2C(c3ccccc3)CC=CC2[C@H](c2ccc(C(F)(F)F)cc2)N1Cc1ccccc1. The molecule has 5 rings (SSSR count). The zero-order valence-electron chi connectivity index (χ0n) is 18.0. The number of alkyl halides is 3. The molecule has 2 nitrogen and oxygen atoms in total. The van der Waals surface area contributed by atoms with Crippen molar-refractivity contribution in [3.8, 4) is 0 Å². The van der Waals surface area contributed by atoms with Gasteiger partial charge in [0.25, 0.3) is 0 Å². The van der Waals surface area contributed by atoms with Crippen molar-refractivity contribution in [3.63, 3.8) is 0 Å². The summed E-state index contributed by atoms with van der Waals surface area (Å²) in [6.45, 7) is 0.424. The van der Waals surface area contributed by atoms with Crippen LogP contribution in [0.2, 0.25) is 0 Å². The molecule has 0 bridgehead atoms. The Morgan fingerprint density at radius 1 is 0.818 bits per heavy atom. The molecule has 0 N–H and O–H groups in total. The van der Waals surface area contributed by atoms with Gasteiger partial charge in [-0.25, -0.2) is 0 Å². The van der Waals surface area contributed by atoms with Gasteiger partial charge in [-0.15, -0.1) is 0 Å². The Hall–Kier alpha value is -3.34. The maximum Gasteiger partial charge on any atom is 0.416 e. The number of amides is 1. The first kappa shape index (κ1) is 21.5. The summed E-state index contributed by atoms with van der Waals surface area (Å²) in [7, 11) is 0. The Morgan fingerprint density at radius 3 is 2.09 bits per heavy atom. The molecule has 4 atom stereocenters. The molecule has 1 saturated heterocycles. The molecule has 1 fully saturated rings. The summed E-state index contributed by atoms with van der Waals surface area (Å²) in [4.78, 5) is 15.7. The number of benzene rings is 3. The predicted octanol–water partition coefficient (Wildman–Crippen LogP) is 6.77. The molecule has 33 heavy (non-hydrogen) atoms. The van der Waals surface area contributed by atoms with Gasteiger partial charge in [0, 0.05) is 12.5 Å². The lowest BCUT2D eigenvalue weighted by Gasteiger charge is -2.31. The highest BCUT2D eigenvalue weighted by molar-refractivity contribution is 5.84. The molecular weight excluding hydrogens is 423 g/mol. The Labute approximate surface area is 191 Å². The number of carbonyl (C=O) groups is 1. The molecule has 1 heterocycles. The number of fused-ring (bicyclic) bond motifs is 1. The molecule has 5 heteroatoms. The Morgan fingerprint density at radius 2 is 1.45 bits per heavy atom. The van der Waals surface area contributed by atoms with Gasteiger partial charge in [-0.2, -0.15) is 13.2 Å². The molecule has 3 aromatic carbocycles. The van der Waals surface area contributed by atoms with Gasteiger partial charge in [-0.3, -0.25) is 4.79 Å². The van der Waals surface area contributed by atoms with Crippen LogP contribution in [0.3, 0.4) is 0 Å². The van der Waals surface area contributed by atoms with Crippen LogP contribution in [0.25, 0.3) is 0 Å². The molecule has 0 saturated carbocycles.